The zero-order valence-electron chi connectivity index (χ0n) is 25.4. The minimum Gasteiger partial charge on any atom is -0.511 e. The summed E-state index contributed by atoms with van der Waals surface area (Å²) in [7, 11) is 1.39. The van der Waals surface area contributed by atoms with Gasteiger partial charge in [0.2, 0.25) is 0 Å². The maximum atomic E-state index is 12.2. The first-order valence-electron chi connectivity index (χ1n) is 14.8. The molecule has 5 aliphatic heterocycles. The summed E-state index contributed by atoms with van der Waals surface area (Å²) in [6.07, 6.45) is 7.64. The maximum Gasteiger partial charge on any atom is 0.307 e. The van der Waals surface area contributed by atoms with Gasteiger partial charge in [-0.2, -0.15) is 0 Å². The lowest BCUT2D eigenvalue weighted by molar-refractivity contribution is -0.141. The number of nitrogens with zero attached hydrogens (tertiary/aromatic N) is 3. The normalized spacial score (nSPS) is 24.3. The predicted molar refractivity (Wildman–Crippen MR) is 166 cm³/mol. The molecule has 0 unspecified atom stereocenters. The number of allylic oxidation sites excluding steroid dienone is 12. The highest BCUT2D eigenvalue weighted by Crippen LogP contribution is 2.46. The lowest BCUT2D eigenvalue weighted by Gasteiger charge is -2.17. The van der Waals surface area contributed by atoms with Crippen molar-refractivity contribution < 1.29 is 24.5 Å². The van der Waals surface area contributed by atoms with Gasteiger partial charge < -0.3 is 20.3 Å². The molecule has 8 bridgehead atoms. The van der Waals surface area contributed by atoms with Crippen LogP contribution >= 0.6 is 0 Å². The quantitative estimate of drug-likeness (QED) is 0.326. The van der Waals surface area contributed by atoms with Crippen LogP contribution < -0.4 is 5.32 Å². The lowest BCUT2D eigenvalue weighted by atomic mass is 9.86. The molecule has 222 valence electrons. The first kappa shape index (κ1) is 28.6. The third-order valence-corrected chi connectivity index (χ3v) is 9.40. The number of aliphatic imine (C=N–C) groups is 3. The molecule has 1 saturated heterocycles. The molecule has 0 amide bonds. The van der Waals surface area contributed by atoms with Crippen molar-refractivity contribution in [2.45, 2.75) is 66.7 Å². The Balaban J connectivity index is 1.59. The van der Waals surface area contributed by atoms with Crippen LogP contribution in [0, 0.1) is 11.8 Å². The summed E-state index contributed by atoms with van der Waals surface area (Å²) in [5.74, 6) is -0.962. The predicted octanol–water partition coefficient (Wildman–Crippen LogP) is 6.09. The molecule has 0 spiro atoms. The number of methoxy groups -OCH3 is 1. The van der Waals surface area contributed by atoms with Gasteiger partial charge in [0.25, 0.3) is 0 Å². The molecule has 5 heterocycles. The van der Waals surface area contributed by atoms with Gasteiger partial charge in [-0.25, -0.2) is 15.0 Å². The van der Waals surface area contributed by atoms with Crippen LogP contribution in [0.4, 0.5) is 0 Å². The summed E-state index contributed by atoms with van der Waals surface area (Å²) in [5, 5.41) is 24.6. The van der Waals surface area contributed by atoms with Gasteiger partial charge in [-0.15, -0.1) is 0 Å². The second-order valence-electron chi connectivity index (χ2n) is 11.8. The fraction of sp³-hybridized carbons (Fsp3) is 0.382. The highest BCUT2D eigenvalue weighted by atomic mass is 16.5. The Labute approximate surface area is 250 Å². The summed E-state index contributed by atoms with van der Waals surface area (Å²) in [6.45, 7) is 10.1. The van der Waals surface area contributed by atoms with Crippen LogP contribution in [0.3, 0.4) is 0 Å². The van der Waals surface area contributed by atoms with E-state index in [1.54, 1.807) is 0 Å². The summed E-state index contributed by atoms with van der Waals surface area (Å²) in [6, 6.07) is 0. The van der Waals surface area contributed by atoms with E-state index in [0.717, 1.165) is 74.1 Å². The van der Waals surface area contributed by atoms with E-state index in [-0.39, 0.29) is 36.4 Å². The van der Waals surface area contributed by atoms with Crippen molar-refractivity contribution >= 4 is 29.1 Å². The van der Waals surface area contributed by atoms with E-state index in [9.17, 15) is 19.8 Å². The molecular weight excluding hydrogens is 544 g/mol. The number of esters is 1. The molecule has 9 nitrogen and oxygen atoms in total. The monoisotopic (exact) mass is 580 g/mol. The van der Waals surface area contributed by atoms with E-state index in [4.69, 9.17) is 19.7 Å². The molecule has 43 heavy (non-hydrogen) atoms. The molecule has 1 aliphatic carbocycles. The van der Waals surface area contributed by atoms with Gasteiger partial charge >= 0.3 is 11.9 Å². The number of carbonyl (C=O) groups excluding carboxylic acids is 1. The number of carboxylic acids is 1. The van der Waals surface area contributed by atoms with Gasteiger partial charge in [-0.3, -0.25) is 9.59 Å². The first-order valence-corrected chi connectivity index (χ1v) is 14.8. The zero-order chi connectivity index (χ0) is 30.7. The average Bonchev–Trinajstić information content (AvgIpc) is 3.71. The Morgan fingerprint density at radius 3 is 2.35 bits per heavy atom. The number of ether oxygens (including phenoxy) is 1. The Hall–Kier alpha value is -4.53. The van der Waals surface area contributed by atoms with E-state index in [1.807, 2.05) is 39.0 Å². The minimum atomic E-state index is -0.922. The van der Waals surface area contributed by atoms with Crippen molar-refractivity contribution in [3.63, 3.8) is 0 Å². The van der Waals surface area contributed by atoms with E-state index in [2.05, 4.69) is 19.2 Å². The van der Waals surface area contributed by atoms with Crippen molar-refractivity contribution in [3.8, 4) is 0 Å². The van der Waals surface area contributed by atoms with E-state index < -0.39 is 5.97 Å². The Morgan fingerprint density at radius 1 is 1.00 bits per heavy atom. The Bertz CT molecular complexity index is 1750. The van der Waals surface area contributed by atoms with Gasteiger partial charge in [-0.1, -0.05) is 13.8 Å². The largest absolute Gasteiger partial charge is 0.511 e. The summed E-state index contributed by atoms with van der Waals surface area (Å²) in [5.41, 5.74) is 12.4. The number of fused-ring (bicyclic) bond motifs is 5. The van der Waals surface area contributed by atoms with Gasteiger partial charge in [0.1, 0.15) is 5.76 Å². The molecule has 1 fully saturated rings. The van der Waals surface area contributed by atoms with Crippen molar-refractivity contribution in [1.82, 2.24) is 5.32 Å². The average molecular weight is 581 g/mol. The molecule has 3 N–H and O–H groups in total. The highest BCUT2D eigenvalue weighted by Gasteiger charge is 2.41. The van der Waals surface area contributed by atoms with Gasteiger partial charge in [-0.05, 0) is 79.7 Å². The summed E-state index contributed by atoms with van der Waals surface area (Å²) >= 11 is 0. The molecule has 0 aromatic heterocycles. The highest BCUT2D eigenvalue weighted by molar-refractivity contribution is 6.21. The summed E-state index contributed by atoms with van der Waals surface area (Å²) in [4.78, 5) is 39.1. The van der Waals surface area contributed by atoms with Crippen LogP contribution in [0.2, 0.25) is 0 Å². The van der Waals surface area contributed by atoms with Crippen LogP contribution in [0.25, 0.3) is 0 Å². The van der Waals surface area contributed by atoms with Crippen molar-refractivity contribution in [1.29, 1.82) is 0 Å². The Morgan fingerprint density at radius 2 is 1.67 bits per heavy atom. The fourth-order valence-corrected chi connectivity index (χ4v) is 6.91. The van der Waals surface area contributed by atoms with Crippen molar-refractivity contribution in [2.75, 3.05) is 7.11 Å². The van der Waals surface area contributed by atoms with Crippen LogP contribution in [-0.2, 0) is 14.3 Å². The van der Waals surface area contributed by atoms with Crippen LogP contribution in [0.15, 0.2) is 106 Å². The molecule has 6 rings (SSSR count). The second-order valence-corrected chi connectivity index (χ2v) is 11.8. The van der Waals surface area contributed by atoms with Gasteiger partial charge in [0, 0.05) is 47.2 Å². The number of hydrogen-bond donors (Lipinski definition) is 3. The van der Waals surface area contributed by atoms with Crippen molar-refractivity contribution in [2.24, 2.45) is 26.8 Å². The molecule has 0 radical (unpaired) electrons. The number of hydrogen-bond acceptors (Lipinski definition) is 8. The Kier molecular flexibility index (Phi) is 7.07. The topological polar surface area (TPSA) is 133 Å². The SMILES string of the molecule is CCC1=C(C)C2=NC1=CC1=C(C)C3=C(O)CC(=C4NC(=CC5=NC(=C2)C(CC(=O)O)=C5C)[C@@H](C)[C@@H]4CCC(=O)OC)C3=N1. The summed E-state index contributed by atoms with van der Waals surface area (Å²) < 4.78 is 4.95. The molecule has 9 heteroatoms. The molecule has 0 aromatic carbocycles. The lowest BCUT2D eigenvalue weighted by Crippen LogP contribution is -2.16. The van der Waals surface area contributed by atoms with Gasteiger partial charge in [0.15, 0.2) is 0 Å². The first-order chi connectivity index (χ1) is 20.5. The number of aliphatic carboxylic acids is 1. The van der Waals surface area contributed by atoms with Crippen molar-refractivity contribution in [3.05, 3.63) is 91.5 Å². The number of rotatable bonds is 6. The standard InChI is InChI=1S/C34H36N4O5/c1-7-19-15(2)24-13-28-21(11-30(40)41)17(4)23(36-28)12-25-16(3)20(8-9-31(42)43-6)33(37-25)22-10-29(39)32-18(5)26(38-34(22)32)14-27(19)35-24/h12-14,16,20,37,39H,7-11H2,1-6H3,(H,40,41)/t16-,20-/m0/s1. The molecule has 2 atom stereocenters. The van der Waals surface area contributed by atoms with E-state index >= 15 is 0 Å². The molecule has 0 saturated carbocycles. The number of aliphatic hydroxyl groups excluding tert-OH is 1. The van der Waals surface area contributed by atoms with Crippen LogP contribution in [-0.4, -0.2) is 46.4 Å². The fourth-order valence-electron chi connectivity index (χ4n) is 6.91. The van der Waals surface area contributed by atoms with E-state index in [0.29, 0.717) is 29.8 Å². The smallest absolute Gasteiger partial charge is 0.307 e. The molecule has 0 aromatic rings. The third-order valence-electron chi connectivity index (χ3n) is 9.40. The van der Waals surface area contributed by atoms with Crippen LogP contribution in [0.1, 0.15) is 66.7 Å². The molecule has 6 aliphatic rings. The van der Waals surface area contributed by atoms with Gasteiger partial charge in [0.05, 0.1) is 47.8 Å². The number of carboxylic acid groups (broad SMARTS) is 1. The number of carbonyl (C=O) groups is 2. The maximum absolute atomic E-state index is 12.2. The minimum absolute atomic E-state index is 0.00388. The number of nitrogens with one attached hydrogen (secondary N) is 1. The zero-order valence-corrected chi connectivity index (χ0v) is 25.4. The van der Waals surface area contributed by atoms with E-state index in [1.165, 1.54) is 7.11 Å². The number of aliphatic hydroxyl groups is 1. The van der Waals surface area contributed by atoms with Crippen LogP contribution in [0.5, 0.6) is 0 Å². The molecular formula is C34H36N4O5. The second kappa shape index (κ2) is 10.6. The third kappa shape index (κ3) is 4.67.